The molecule has 0 spiro atoms. The number of aromatic nitrogens is 2. The van der Waals surface area contributed by atoms with E-state index >= 15 is 0 Å². The van der Waals surface area contributed by atoms with Crippen molar-refractivity contribution in [1.82, 2.24) is 4.98 Å². The zero-order valence-corrected chi connectivity index (χ0v) is 9.61. The van der Waals surface area contributed by atoms with Gasteiger partial charge in [-0.3, -0.25) is 10.1 Å². The monoisotopic (exact) mass is 216 g/mol. The summed E-state index contributed by atoms with van der Waals surface area (Å²) < 4.78 is 1.94. The number of amides is 1. The van der Waals surface area contributed by atoms with E-state index in [1.807, 2.05) is 42.9 Å². The molecule has 4 heteroatoms. The number of carbonyl (C=O) groups excluding carboxylic acids is 1. The molecule has 16 heavy (non-hydrogen) atoms. The Morgan fingerprint density at radius 2 is 2.12 bits per heavy atom. The summed E-state index contributed by atoms with van der Waals surface area (Å²) in [6, 6.07) is 5.84. The van der Waals surface area contributed by atoms with E-state index in [0.29, 0.717) is 5.82 Å². The van der Waals surface area contributed by atoms with Crippen LogP contribution in [0, 0.1) is 6.92 Å². The van der Waals surface area contributed by atoms with Crippen LogP contribution < -0.4 is 9.88 Å². The molecule has 2 aromatic rings. The van der Waals surface area contributed by atoms with Gasteiger partial charge in [0.2, 0.25) is 11.7 Å². The van der Waals surface area contributed by atoms with Crippen molar-refractivity contribution in [3.63, 3.8) is 0 Å². The van der Waals surface area contributed by atoms with Gasteiger partial charge >= 0.3 is 5.65 Å². The molecule has 82 valence electrons. The molecule has 0 atom stereocenters. The maximum Gasteiger partial charge on any atom is 0.332 e. The highest BCUT2D eigenvalue weighted by molar-refractivity contribution is 5.89. The van der Waals surface area contributed by atoms with Crippen molar-refractivity contribution in [2.24, 2.45) is 7.05 Å². The lowest BCUT2D eigenvalue weighted by molar-refractivity contribution is -0.646. The van der Waals surface area contributed by atoms with Gasteiger partial charge in [0.15, 0.2) is 0 Å². The zero-order chi connectivity index (χ0) is 11.7. The Labute approximate surface area is 93.9 Å². The van der Waals surface area contributed by atoms with E-state index in [9.17, 15) is 4.79 Å². The number of nitrogens with one attached hydrogen (secondary N) is 1. The van der Waals surface area contributed by atoms with Crippen molar-refractivity contribution < 1.29 is 9.36 Å². The number of hydrogen-bond donors (Lipinski definition) is 1. The second kappa shape index (κ2) is 3.89. The number of rotatable bonds is 1. The van der Waals surface area contributed by atoms with E-state index in [2.05, 4.69) is 10.3 Å². The third kappa shape index (κ3) is 1.86. The molecule has 0 unspecified atom stereocenters. The summed E-state index contributed by atoms with van der Waals surface area (Å²) in [5.74, 6) is 0.475. The molecule has 0 radical (unpaired) electrons. The van der Waals surface area contributed by atoms with Gasteiger partial charge in [-0.05, 0) is 29.6 Å². The first-order valence-corrected chi connectivity index (χ1v) is 5.11. The second-order valence-corrected chi connectivity index (χ2v) is 3.86. The molecule has 0 aliphatic rings. The Balaban J connectivity index is 2.61. The van der Waals surface area contributed by atoms with Crippen LogP contribution in [0.1, 0.15) is 12.5 Å². The summed E-state index contributed by atoms with van der Waals surface area (Å²) in [7, 11) is 1.94. The normalized spacial score (nSPS) is 10.4. The third-order valence-corrected chi connectivity index (χ3v) is 2.49. The first kappa shape index (κ1) is 10.5. The molecule has 0 aromatic carbocycles. The molecule has 0 saturated heterocycles. The highest BCUT2D eigenvalue weighted by Gasteiger charge is 2.12. The Kier molecular flexibility index (Phi) is 2.56. The number of pyridine rings is 2. The second-order valence-electron chi connectivity index (χ2n) is 3.86. The molecule has 0 bridgehead atoms. The minimum atomic E-state index is -0.109. The summed E-state index contributed by atoms with van der Waals surface area (Å²) in [6.07, 6.45) is 1.96. The number of aryl methyl sites for hydroxylation is 2. The lowest BCUT2D eigenvalue weighted by Gasteiger charge is -2.01. The van der Waals surface area contributed by atoms with Crippen molar-refractivity contribution in [2.75, 3.05) is 5.32 Å². The first-order chi connectivity index (χ1) is 7.58. The predicted molar refractivity (Wildman–Crippen MR) is 62.0 cm³/mol. The lowest BCUT2D eigenvalue weighted by Crippen LogP contribution is -2.29. The molecule has 0 fully saturated rings. The molecular formula is C12H14N3O+. The van der Waals surface area contributed by atoms with Gasteiger partial charge in [-0.1, -0.05) is 0 Å². The van der Waals surface area contributed by atoms with Crippen molar-refractivity contribution >= 4 is 22.8 Å². The van der Waals surface area contributed by atoms with Crippen LogP contribution in [-0.2, 0) is 11.8 Å². The molecule has 2 rings (SSSR count). The van der Waals surface area contributed by atoms with Crippen LogP contribution in [0.5, 0.6) is 0 Å². The summed E-state index contributed by atoms with van der Waals surface area (Å²) in [5, 5.41) is 3.78. The maximum atomic E-state index is 10.9. The minimum absolute atomic E-state index is 0.109. The SMILES string of the molecule is CC(=O)Nc1ccc2c(C)cc[n+](C)c2n1. The first-order valence-electron chi connectivity index (χ1n) is 5.11. The topological polar surface area (TPSA) is 45.9 Å². The quantitative estimate of drug-likeness (QED) is 0.731. The highest BCUT2D eigenvalue weighted by Crippen LogP contribution is 2.15. The van der Waals surface area contributed by atoms with Gasteiger partial charge in [0.1, 0.15) is 0 Å². The Hall–Kier alpha value is -1.97. The molecule has 0 aliphatic heterocycles. The van der Waals surface area contributed by atoms with Crippen molar-refractivity contribution in [3.8, 4) is 0 Å². The Bertz CT molecular complexity index is 563. The van der Waals surface area contributed by atoms with Crippen LogP contribution >= 0.6 is 0 Å². The largest absolute Gasteiger partial charge is 0.332 e. The Morgan fingerprint density at radius 1 is 1.38 bits per heavy atom. The van der Waals surface area contributed by atoms with E-state index in [0.717, 1.165) is 11.0 Å². The Morgan fingerprint density at radius 3 is 2.81 bits per heavy atom. The highest BCUT2D eigenvalue weighted by atomic mass is 16.1. The number of nitrogens with zero attached hydrogens (tertiary/aromatic N) is 2. The van der Waals surface area contributed by atoms with Crippen molar-refractivity contribution in [3.05, 3.63) is 30.0 Å². The fraction of sp³-hybridized carbons (Fsp3) is 0.250. The zero-order valence-electron chi connectivity index (χ0n) is 9.61. The molecule has 2 heterocycles. The summed E-state index contributed by atoms with van der Waals surface area (Å²) in [6.45, 7) is 3.52. The molecule has 1 amide bonds. The van der Waals surface area contributed by atoms with Crippen LogP contribution in [0.4, 0.5) is 5.82 Å². The van der Waals surface area contributed by atoms with Crippen molar-refractivity contribution in [1.29, 1.82) is 0 Å². The number of hydrogen-bond acceptors (Lipinski definition) is 2. The fourth-order valence-electron chi connectivity index (χ4n) is 1.66. The number of carbonyl (C=O) groups is 1. The van der Waals surface area contributed by atoms with Crippen LogP contribution in [0.2, 0.25) is 0 Å². The minimum Gasteiger partial charge on any atom is -0.290 e. The van der Waals surface area contributed by atoms with Gasteiger partial charge in [-0.2, -0.15) is 0 Å². The fourth-order valence-corrected chi connectivity index (χ4v) is 1.66. The smallest absolute Gasteiger partial charge is 0.290 e. The van der Waals surface area contributed by atoms with E-state index in [1.54, 1.807) is 0 Å². The van der Waals surface area contributed by atoms with Crippen LogP contribution in [-0.4, -0.2) is 10.9 Å². The molecule has 4 nitrogen and oxygen atoms in total. The van der Waals surface area contributed by atoms with Gasteiger partial charge in [-0.15, -0.1) is 0 Å². The molecule has 2 aromatic heterocycles. The molecule has 0 aliphatic carbocycles. The van der Waals surface area contributed by atoms with Gasteiger partial charge in [0.05, 0.1) is 18.6 Å². The van der Waals surface area contributed by atoms with E-state index < -0.39 is 0 Å². The summed E-state index contributed by atoms with van der Waals surface area (Å²) in [5.41, 5.74) is 2.04. The summed E-state index contributed by atoms with van der Waals surface area (Å²) in [4.78, 5) is 15.3. The van der Waals surface area contributed by atoms with Crippen molar-refractivity contribution in [2.45, 2.75) is 13.8 Å². The standard InChI is InChI=1S/C12H13N3O/c1-8-6-7-15(3)12-10(8)4-5-11(14-12)13-9(2)16/h4-7H,1-3H3/p+1. The van der Waals surface area contributed by atoms with E-state index in [-0.39, 0.29) is 5.91 Å². The van der Waals surface area contributed by atoms with Gasteiger partial charge in [0, 0.05) is 13.0 Å². The molecule has 1 N–H and O–H groups in total. The number of anilines is 1. The van der Waals surface area contributed by atoms with Gasteiger partial charge in [-0.25, -0.2) is 4.57 Å². The lowest BCUT2D eigenvalue weighted by atomic mass is 10.2. The molecule has 0 saturated carbocycles. The maximum absolute atomic E-state index is 10.9. The van der Waals surface area contributed by atoms with E-state index in [1.165, 1.54) is 12.5 Å². The third-order valence-electron chi connectivity index (χ3n) is 2.49. The summed E-state index contributed by atoms with van der Waals surface area (Å²) >= 11 is 0. The van der Waals surface area contributed by atoms with Crippen LogP contribution in [0.15, 0.2) is 24.4 Å². The van der Waals surface area contributed by atoms with E-state index in [4.69, 9.17) is 0 Å². The number of fused-ring (bicyclic) bond motifs is 1. The predicted octanol–water partition coefficient (Wildman–Crippen LogP) is 1.33. The average molecular weight is 216 g/mol. The molecular weight excluding hydrogens is 202 g/mol. The average Bonchev–Trinajstić information content (AvgIpc) is 2.23. The van der Waals surface area contributed by atoms with Crippen LogP contribution in [0.3, 0.4) is 0 Å². The van der Waals surface area contributed by atoms with Gasteiger partial charge < -0.3 is 0 Å². The van der Waals surface area contributed by atoms with Crippen LogP contribution in [0.25, 0.3) is 11.0 Å². The van der Waals surface area contributed by atoms with Gasteiger partial charge in [0.25, 0.3) is 0 Å².